The van der Waals surface area contributed by atoms with Crippen molar-refractivity contribution in [3.63, 3.8) is 0 Å². The van der Waals surface area contributed by atoms with E-state index in [0.717, 1.165) is 0 Å². The van der Waals surface area contributed by atoms with Crippen molar-refractivity contribution in [2.75, 3.05) is 5.88 Å². The molecule has 64 valence electrons. The van der Waals surface area contributed by atoms with Gasteiger partial charge in [-0.3, -0.25) is 4.79 Å². The van der Waals surface area contributed by atoms with Crippen molar-refractivity contribution in [2.45, 2.75) is 16.1 Å². The van der Waals surface area contributed by atoms with E-state index in [1.807, 2.05) is 0 Å². The van der Waals surface area contributed by atoms with Gasteiger partial charge in [-0.15, -0.1) is 23.2 Å². The van der Waals surface area contributed by atoms with Gasteiger partial charge in [-0.25, -0.2) is 0 Å². The molecule has 0 radical (unpaired) electrons. The fourth-order valence-electron chi connectivity index (χ4n) is 1.25. The minimum absolute atomic E-state index is 0.146. The Morgan fingerprint density at radius 2 is 2.27 bits per heavy atom. The lowest BCUT2D eigenvalue weighted by Crippen LogP contribution is -2.12. The number of carboxylic acid groups (broad SMARTS) is 1. The molecular weight excluding hydrogens is 255 g/mol. The second kappa shape index (κ2) is 2.51. The highest BCUT2D eigenvalue weighted by molar-refractivity contribution is 9.10. The maximum Gasteiger partial charge on any atom is 0.309 e. The third kappa shape index (κ3) is 1.09. The first-order chi connectivity index (χ1) is 4.88. The Labute approximate surface area is 83.0 Å². The Bertz CT molecular complexity index is 207. The molecule has 0 amide bonds. The highest BCUT2D eigenvalue weighted by atomic mass is 79.9. The molecule has 0 saturated heterocycles. The average molecular weight is 262 g/mol. The number of carboxylic acids is 1. The van der Waals surface area contributed by atoms with Gasteiger partial charge >= 0.3 is 5.97 Å². The van der Waals surface area contributed by atoms with E-state index in [0.29, 0.717) is 0 Å². The van der Waals surface area contributed by atoms with Crippen LogP contribution in [0.5, 0.6) is 0 Å². The van der Waals surface area contributed by atoms with Crippen LogP contribution in [0.2, 0.25) is 0 Å². The molecule has 0 aliphatic heterocycles. The van der Waals surface area contributed by atoms with Gasteiger partial charge in [-0.1, -0.05) is 15.9 Å². The molecule has 1 saturated carbocycles. The Hall–Kier alpha value is 0.530. The number of alkyl halides is 3. The molecule has 0 aromatic rings. The van der Waals surface area contributed by atoms with Crippen LogP contribution in [0.1, 0.15) is 6.92 Å². The van der Waals surface area contributed by atoms with Crippen molar-refractivity contribution in [1.29, 1.82) is 0 Å². The third-order valence-electron chi connectivity index (χ3n) is 2.17. The molecular formula is C6H7BrCl2O2. The number of carbonyl (C=O) groups is 1. The van der Waals surface area contributed by atoms with E-state index in [1.54, 1.807) is 6.92 Å². The molecule has 1 N–H and O–H groups in total. The molecule has 3 atom stereocenters. The van der Waals surface area contributed by atoms with Gasteiger partial charge in [0.1, 0.15) is 0 Å². The van der Waals surface area contributed by atoms with E-state index in [9.17, 15) is 4.79 Å². The van der Waals surface area contributed by atoms with Crippen molar-refractivity contribution in [3.05, 3.63) is 0 Å². The van der Waals surface area contributed by atoms with E-state index in [2.05, 4.69) is 15.9 Å². The quantitative estimate of drug-likeness (QED) is 0.773. The monoisotopic (exact) mass is 260 g/mol. The SMILES string of the molecule is CC1(Br)C(C(=O)O)C1(Cl)CCl. The molecule has 5 heteroatoms. The minimum atomic E-state index is -0.903. The molecule has 0 spiro atoms. The van der Waals surface area contributed by atoms with Crippen molar-refractivity contribution >= 4 is 45.1 Å². The van der Waals surface area contributed by atoms with Crippen molar-refractivity contribution < 1.29 is 9.90 Å². The Kier molecular flexibility index (Phi) is 2.19. The van der Waals surface area contributed by atoms with Crippen LogP contribution in [0.3, 0.4) is 0 Å². The predicted molar refractivity (Wildman–Crippen MR) is 47.8 cm³/mol. The summed E-state index contributed by atoms with van der Waals surface area (Å²) in [5.74, 6) is -1.35. The Morgan fingerprint density at radius 1 is 1.82 bits per heavy atom. The largest absolute Gasteiger partial charge is 0.481 e. The first-order valence-electron chi connectivity index (χ1n) is 3.04. The second-order valence-electron chi connectivity index (χ2n) is 2.84. The molecule has 0 heterocycles. The van der Waals surface area contributed by atoms with Crippen molar-refractivity contribution in [3.8, 4) is 0 Å². The zero-order chi connectivity index (χ0) is 8.86. The van der Waals surface area contributed by atoms with Crippen LogP contribution in [0.25, 0.3) is 0 Å². The number of rotatable bonds is 2. The lowest BCUT2D eigenvalue weighted by Gasteiger charge is -2.03. The zero-order valence-electron chi connectivity index (χ0n) is 5.77. The van der Waals surface area contributed by atoms with Crippen LogP contribution in [0, 0.1) is 5.92 Å². The zero-order valence-corrected chi connectivity index (χ0v) is 8.87. The van der Waals surface area contributed by atoms with E-state index in [1.165, 1.54) is 0 Å². The minimum Gasteiger partial charge on any atom is -0.481 e. The summed E-state index contributed by atoms with van der Waals surface area (Å²) in [4.78, 5) is 9.76. The lowest BCUT2D eigenvalue weighted by atomic mass is 10.3. The molecule has 0 aromatic carbocycles. The van der Waals surface area contributed by atoms with Gasteiger partial charge in [0.25, 0.3) is 0 Å². The van der Waals surface area contributed by atoms with Crippen LogP contribution in [-0.4, -0.2) is 26.2 Å². The van der Waals surface area contributed by atoms with E-state index in [4.69, 9.17) is 28.3 Å². The summed E-state index contributed by atoms with van der Waals surface area (Å²) in [6, 6.07) is 0. The van der Waals surface area contributed by atoms with Crippen molar-refractivity contribution in [1.82, 2.24) is 0 Å². The van der Waals surface area contributed by atoms with Gasteiger partial charge in [0.2, 0.25) is 0 Å². The van der Waals surface area contributed by atoms with Gasteiger partial charge in [-0.05, 0) is 6.92 Å². The Morgan fingerprint density at radius 3 is 2.36 bits per heavy atom. The summed E-state index contributed by atoms with van der Waals surface area (Å²) >= 11 is 14.7. The van der Waals surface area contributed by atoms with Crippen molar-refractivity contribution in [2.24, 2.45) is 5.92 Å². The average Bonchev–Trinajstić information content (AvgIpc) is 2.29. The van der Waals surface area contributed by atoms with Crippen LogP contribution < -0.4 is 0 Å². The third-order valence-corrected chi connectivity index (χ3v) is 4.87. The molecule has 2 nitrogen and oxygen atoms in total. The van der Waals surface area contributed by atoms with E-state index in [-0.39, 0.29) is 5.88 Å². The summed E-state index contributed by atoms with van der Waals surface area (Å²) in [6.07, 6.45) is 0. The van der Waals surface area contributed by atoms with Crippen LogP contribution in [0.4, 0.5) is 0 Å². The fraction of sp³-hybridized carbons (Fsp3) is 0.833. The maximum absolute atomic E-state index is 10.6. The number of aliphatic carboxylic acids is 1. The highest BCUT2D eigenvalue weighted by Crippen LogP contribution is 2.65. The van der Waals surface area contributed by atoms with Gasteiger partial charge in [0.05, 0.1) is 15.1 Å². The van der Waals surface area contributed by atoms with E-state index >= 15 is 0 Å². The highest BCUT2D eigenvalue weighted by Gasteiger charge is 2.75. The van der Waals surface area contributed by atoms with E-state index < -0.39 is 21.1 Å². The summed E-state index contributed by atoms with van der Waals surface area (Å²) in [7, 11) is 0. The molecule has 1 aliphatic rings. The fourth-order valence-corrected chi connectivity index (χ4v) is 3.18. The van der Waals surface area contributed by atoms with Crippen LogP contribution in [0.15, 0.2) is 0 Å². The van der Waals surface area contributed by atoms with Gasteiger partial charge in [0, 0.05) is 5.88 Å². The molecule has 11 heavy (non-hydrogen) atoms. The van der Waals surface area contributed by atoms with Crippen LogP contribution >= 0.6 is 39.1 Å². The summed E-state index contributed by atoms with van der Waals surface area (Å²) in [5.41, 5.74) is 0. The van der Waals surface area contributed by atoms with Gasteiger partial charge in [-0.2, -0.15) is 0 Å². The summed E-state index contributed by atoms with van der Waals surface area (Å²) < 4.78 is -0.560. The first kappa shape index (κ1) is 9.62. The number of hydrogen-bond acceptors (Lipinski definition) is 1. The predicted octanol–water partition coefficient (Wildman–Crippen LogP) is 2.07. The standard InChI is InChI=1S/C6H7BrCl2O2/c1-5(7)3(4(10)11)6(5,9)2-8/h3H,2H2,1H3,(H,10,11). The lowest BCUT2D eigenvalue weighted by molar-refractivity contribution is -0.138. The normalized spacial score (nSPS) is 48.9. The molecule has 0 aromatic heterocycles. The molecule has 3 unspecified atom stereocenters. The smallest absolute Gasteiger partial charge is 0.309 e. The summed E-state index contributed by atoms with van der Waals surface area (Å²) in [5, 5.41) is 8.68. The topological polar surface area (TPSA) is 37.3 Å². The number of hydrogen-bond donors (Lipinski definition) is 1. The Balaban J connectivity index is 2.83. The van der Waals surface area contributed by atoms with Gasteiger partial charge < -0.3 is 5.11 Å². The molecule has 1 fully saturated rings. The summed E-state index contributed by atoms with van der Waals surface area (Å²) in [6.45, 7) is 1.74. The van der Waals surface area contributed by atoms with Gasteiger partial charge in [0.15, 0.2) is 0 Å². The maximum atomic E-state index is 10.6. The first-order valence-corrected chi connectivity index (χ1v) is 4.75. The van der Waals surface area contributed by atoms with Crippen LogP contribution in [-0.2, 0) is 4.79 Å². The molecule has 0 bridgehead atoms. The second-order valence-corrected chi connectivity index (χ2v) is 5.43. The molecule has 1 aliphatic carbocycles. The number of halogens is 3. The molecule has 1 rings (SSSR count).